The third-order valence-corrected chi connectivity index (χ3v) is 5.43. The largest absolute Gasteiger partial charge is 0.466 e. The zero-order valence-electron chi connectivity index (χ0n) is 13.6. The van der Waals surface area contributed by atoms with Crippen LogP contribution in [0.15, 0.2) is 30.3 Å². The zero-order valence-corrected chi connectivity index (χ0v) is 13.6. The van der Waals surface area contributed by atoms with Crippen molar-refractivity contribution in [2.75, 3.05) is 19.7 Å². The van der Waals surface area contributed by atoms with E-state index in [1.807, 2.05) is 6.92 Å². The van der Waals surface area contributed by atoms with Gasteiger partial charge in [-0.1, -0.05) is 30.3 Å². The van der Waals surface area contributed by atoms with Gasteiger partial charge < -0.3 is 4.74 Å². The molecule has 22 heavy (non-hydrogen) atoms. The van der Waals surface area contributed by atoms with Gasteiger partial charge in [0.1, 0.15) is 0 Å². The second-order valence-corrected chi connectivity index (χ2v) is 6.97. The molecular formula is C19H27NO2. The van der Waals surface area contributed by atoms with Crippen molar-refractivity contribution in [3.05, 3.63) is 35.9 Å². The van der Waals surface area contributed by atoms with Gasteiger partial charge in [0.15, 0.2) is 0 Å². The van der Waals surface area contributed by atoms with Crippen LogP contribution in [0.25, 0.3) is 0 Å². The maximum absolute atomic E-state index is 11.9. The number of carbonyl (C=O) groups excluding carboxylic acids is 1. The van der Waals surface area contributed by atoms with Crippen molar-refractivity contribution >= 4 is 5.97 Å². The highest BCUT2D eigenvalue weighted by molar-refractivity contribution is 5.72. The predicted octanol–water partition coefficient (Wildman–Crippen LogP) is 3.63. The van der Waals surface area contributed by atoms with Crippen molar-refractivity contribution in [2.24, 2.45) is 11.3 Å². The second kappa shape index (κ2) is 6.82. The minimum absolute atomic E-state index is 0.0245. The number of esters is 1. The molecule has 1 saturated heterocycles. The smallest absolute Gasteiger partial charge is 0.308 e. The van der Waals surface area contributed by atoms with E-state index >= 15 is 0 Å². The molecule has 2 fully saturated rings. The Morgan fingerprint density at radius 2 is 1.95 bits per heavy atom. The Kier molecular flexibility index (Phi) is 4.82. The molecule has 120 valence electrons. The fraction of sp³-hybridized carbons (Fsp3) is 0.632. The molecule has 0 amide bonds. The number of hydrogen-bond acceptors (Lipinski definition) is 3. The van der Waals surface area contributed by atoms with E-state index in [2.05, 4.69) is 35.2 Å². The molecule has 3 nitrogen and oxygen atoms in total. The average molecular weight is 301 g/mol. The fourth-order valence-electron chi connectivity index (χ4n) is 4.14. The van der Waals surface area contributed by atoms with Crippen LogP contribution in [0.3, 0.4) is 0 Å². The molecule has 3 heteroatoms. The second-order valence-electron chi connectivity index (χ2n) is 6.97. The molecule has 0 aromatic heterocycles. The van der Waals surface area contributed by atoms with Gasteiger partial charge in [0.25, 0.3) is 0 Å². The number of ether oxygens (including phenoxy) is 1. The molecule has 1 saturated carbocycles. The topological polar surface area (TPSA) is 29.5 Å². The summed E-state index contributed by atoms with van der Waals surface area (Å²) in [5.41, 5.74) is 1.86. The average Bonchev–Trinajstić information content (AvgIpc) is 2.92. The van der Waals surface area contributed by atoms with Gasteiger partial charge in [0.2, 0.25) is 0 Å². The zero-order chi connectivity index (χ0) is 15.4. The number of rotatable bonds is 4. The van der Waals surface area contributed by atoms with E-state index in [1.54, 1.807) is 0 Å². The maximum atomic E-state index is 11.9. The quantitative estimate of drug-likeness (QED) is 0.795. The van der Waals surface area contributed by atoms with Crippen molar-refractivity contribution < 1.29 is 9.53 Å². The highest BCUT2D eigenvalue weighted by atomic mass is 16.5. The molecular weight excluding hydrogens is 274 g/mol. The first-order chi connectivity index (χ1) is 10.7. The maximum Gasteiger partial charge on any atom is 0.308 e. The third kappa shape index (κ3) is 3.52. The van der Waals surface area contributed by atoms with Crippen LogP contribution in [-0.4, -0.2) is 30.6 Å². The van der Waals surface area contributed by atoms with Crippen LogP contribution in [0.1, 0.15) is 44.6 Å². The van der Waals surface area contributed by atoms with Crippen molar-refractivity contribution in [3.63, 3.8) is 0 Å². The van der Waals surface area contributed by atoms with Gasteiger partial charge in [0.05, 0.1) is 12.5 Å². The van der Waals surface area contributed by atoms with E-state index in [4.69, 9.17) is 4.74 Å². The molecule has 1 aromatic carbocycles. The Labute approximate surface area is 133 Å². The lowest BCUT2D eigenvalue weighted by Gasteiger charge is -2.36. The van der Waals surface area contributed by atoms with E-state index in [9.17, 15) is 4.79 Å². The van der Waals surface area contributed by atoms with Crippen molar-refractivity contribution in [1.29, 1.82) is 0 Å². The summed E-state index contributed by atoms with van der Waals surface area (Å²) in [7, 11) is 0. The number of benzene rings is 1. The molecule has 0 N–H and O–H groups in total. The number of likely N-dealkylation sites (tertiary alicyclic amines) is 1. The first kappa shape index (κ1) is 15.5. The third-order valence-electron chi connectivity index (χ3n) is 5.43. The Bertz CT molecular complexity index is 491. The van der Waals surface area contributed by atoms with Gasteiger partial charge in [-0.15, -0.1) is 0 Å². The first-order valence-electron chi connectivity index (χ1n) is 8.64. The Hall–Kier alpha value is -1.35. The van der Waals surface area contributed by atoms with Gasteiger partial charge >= 0.3 is 5.97 Å². The van der Waals surface area contributed by atoms with Gasteiger partial charge in [-0.2, -0.15) is 0 Å². The Balaban J connectivity index is 1.51. The molecule has 1 spiro atoms. The van der Waals surface area contributed by atoms with Crippen molar-refractivity contribution in [2.45, 2.75) is 45.6 Å². The lowest BCUT2D eigenvalue weighted by Crippen LogP contribution is -2.33. The molecule has 0 bridgehead atoms. The Morgan fingerprint density at radius 1 is 1.23 bits per heavy atom. The minimum atomic E-state index is 0.0245. The molecule has 0 unspecified atom stereocenters. The summed E-state index contributed by atoms with van der Waals surface area (Å²) in [4.78, 5) is 14.5. The molecule has 0 radical (unpaired) electrons. The first-order valence-corrected chi connectivity index (χ1v) is 8.64. The molecule has 2 aliphatic rings. The number of carbonyl (C=O) groups is 1. The van der Waals surface area contributed by atoms with Crippen LogP contribution in [0, 0.1) is 11.3 Å². The predicted molar refractivity (Wildman–Crippen MR) is 87.4 cm³/mol. The van der Waals surface area contributed by atoms with Gasteiger partial charge in [-0.05, 0) is 56.6 Å². The van der Waals surface area contributed by atoms with Crippen molar-refractivity contribution in [1.82, 2.24) is 4.90 Å². The monoisotopic (exact) mass is 301 g/mol. The summed E-state index contributed by atoms with van der Waals surface area (Å²) < 4.78 is 5.18. The van der Waals surface area contributed by atoms with Crippen LogP contribution in [0.5, 0.6) is 0 Å². The van der Waals surface area contributed by atoms with Crippen molar-refractivity contribution in [3.8, 4) is 0 Å². The van der Waals surface area contributed by atoms with E-state index in [0.717, 1.165) is 19.4 Å². The standard InChI is InChI=1S/C19H27NO2/c1-2-22-18(21)17-8-10-19(11-9-17)12-13-20(15-19)14-16-6-4-3-5-7-16/h3-7,17H,2,8-15H2,1H3. The number of hydrogen-bond donors (Lipinski definition) is 0. The molecule has 1 aliphatic heterocycles. The van der Waals surface area contributed by atoms with Gasteiger partial charge in [-0.25, -0.2) is 0 Å². The number of nitrogens with zero attached hydrogens (tertiary/aromatic N) is 1. The molecule has 0 atom stereocenters. The summed E-state index contributed by atoms with van der Waals surface area (Å²) in [6.07, 6.45) is 5.68. The summed E-state index contributed by atoms with van der Waals surface area (Å²) in [6.45, 7) is 5.84. The summed E-state index contributed by atoms with van der Waals surface area (Å²) >= 11 is 0. The summed E-state index contributed by atoms with van der Waals surface area (Å²) in [5, 5.41) is 0. The molecule has 1 aliphatic carbocycles. The van der Waals surface area contributed by atoms with Crippen LogP contribution in [0.2, 0.25) is 0 Å². The van der Waals surface area contributed by atoms with Crippen LogP contribution >= 0.6 is 0 Å². The molecule has 3 rings (SSSR count). The normalized spacial score (nSPS) is 28.9. The van der Waals surface area contributed by atoms with Crippen LogP contribution < -0.4 is 0 Å². The van der Waals surface area contributed by atoms with Gasteiger partial charge in [-0.3, -0.25) is 9.69 Å². The SMILES string of the molecule is CCOC(=O)C1CCC2(CC1)CCN(Cc1ccccc1)C2. The van der Waals surface area contributed by atoms with E-state index < -0.39 is 0 Å². The highest BCUT2D eigenvalue weighted by Gasteiger charge is 2.42. The lowest BCUT2D eigenvalue weighted by molar-refractivity contribution is -0.149. The highest BCUT2D eigenvalue weighted by Crippen LogP contribution is 2.46. The molecule has 1 heterocycles. The fourth-order valence-corrected chi connectivity index (χ4v) is 4.14. The van der Waals surface area contributed by atoms with E-state index in [1.165, 1.54) is 37.9 Å². The van der Waals surface area contributed by atoms with E-state index in [-0.39, 0.29) is 11.9 Å². The lowest BCUT2D eigenvalue weighted by atomic mass is 9.70. The van der Waals surface area contributed by atoms with Crippen LogP contribution in [-0.2, 0) is 16.1 Å². The van der Waals surface area contributed by atoms with Crippen LogP contribution in [0.4, 0.5) is 0 Å². The summed E-state index contributed by atoms with van der Waals surface area (Å²) in [6, 6.07) is 10.7. The van der Waals surface area contributed by atoms with E-state index in [0.29, 0.717) is 12.0 Å². The molecule has 1 aromatic rings. The Morgan fingerprint density at radius 3 is 2.64 bits per heavy atom. The van der Waals surface area contributed by atoms with Gasteiger partial charge in [0, 0.05) is 13.1 Å². The summed E-state index contributed by atoms with van der Waals surface area (Å²) in [5.74, 6) is 0.172. The minimum Gasteiger partial charge on any atom is -0.466 e.